The average Bonchev–Trinajstić information content (AvgIpc) is 2.68. The van der Waals surface area contributed by atoms with Crippen molar-refractivity contribution in [1.82, 2.24) is 0 Å². The number of amides is 1. The summed E-state index contributed by atoms with van der Waals surface area (Å²) >= 11 is 0. The van der Waals surface area contributed by atoms with Crippen LogP contribution >= 0.6 is 0 Å². The van der Waals surface area contributed by atoms with Gasteiger partial charge in [-0.05, 0) is 55.8 Å². The first-order chi connectivity index (χ1) is 13.7. The number of anilines is 1. The maximum absolute atomic E-state index is 12.8. The largest absolute Gasteiger partial charge is 0.479 e. The Balaban J connectivity index is 1.96. The molecule has 0 aliphatic heterocycles. The summed E-state index contributed by atoms with van der Waals surface area (Å²) in [4.78, 5) is 24.1. The zero-order chi connectivity index (χ0) is 21.4. The van der Waals surface area contributed by atoms with Gasteiger partial charge in [0.2, 0.25) is 0 Å². The molecule has 0 spiro atoms. The van der Waals surface area contributed by atoms with Crippen LogP contribution in [-0.4, -0.2) is 24.6 Å². The number of ether oxygens (including phenoxy) is 2. The van der Waals surface area contributed by atoms with Gasteiger partial charge in [0.05, 0.1) is 12.2 Å². The van der Waals surface area contributed by atoms with E-state index in [0.29, 0.717) is 12.4 Å². The lowest BCUT2D eigenvalue weighted by Gasteiger charge is -2.14. The molecule has 1 N–H and O–H groups in total. The maximum atomic E-state index is 12.8. The summed E-state index contributed by atoms with van der Waals surface area (Å²) in [5.74, 6) is -0.687. The standard InChI is InChI=1S/C21H22F3NO4/c1-3-4-12-28-20(27)14(2)29-18-10-8-15(9-11-18)19(26)25-17-7-5-6-16(13-17)21(22,23)24/h5-11,13-14H,3-4,12H2,1-2H3,(H,25,26). The summed E-state index contributed by atoms with van der Waals surface area (Å²) in [6.45, 7) is 3.87. The number of hydrogen-bond acceptors (Lipinski definition) is 4. The van der Waals surface area contributed by atoms with Gasteiger partial charge in [-0.25, -0.2) is 4.79 Å². The van der Waals surface area contributed by atoms with Crippen molar-refractivity contribution in [2.45, 2.75) is 39.0 Å². The second kappa shape index (κ2) is 9.95. The van der Waals surface area contributed by atoms with Gasteiger partial charge >= 0.3 is 12.1 Å². The van der Waals surface area contributed by atoms with E-state index in [2.05, 4.69) is 5.32 Å². The summed E-state index contributed by atoms with van der Waals surface area (Å²) in [6, 6.07) is 10.3. The second-order valence-electron chi connectivity index (χ2n) is 6.34. The minimum absolute atomic E-state index is 0.0357. The topological polar surface area (TPSA) is 64.6 Å². The molecule has 5 nitrogen and oxygen atoms in total. The number of unbranched alkanes of at least 4 members (excludes halogenated alkanes) is 1. The monoisotopic (exact) mass is 409 g/mol. The first-order valence-electron chi connectivity index (χ1n) is 9.12. The highest BCUT2D eigenvalue weighted by Gasteiger charge is 2.30. The molecule has 1 amide bonds. The highest BCUT2D eigenvalue weighted by Crippen LogP contribution is 2.30. The van der Waals surface area contributed by atoms with E-state index in [-0.39, 0.29) is 11.3 Å². The molecule has 1 atom stereocenters. The highest BCUT2D eigenvalue weighted by atomic mass is 19.4. The Hall–Kier alpha value is -3.03. The fraction of sp³-hybridized carbons (Fsp3) is 0.333. The molecule has 0 radical (unpaired) electrons. The van der Waals surface area contributed by atoms with E-state index in [0.717, 1.165) is 25.0 Å². The van der Waals surface area contributed by atoms with Crippen LogP contribution < -0.4 is 10.1 Å². The molecule has 29 heavy (non-hydrogen) atoms. The van der Waals surface area contributed by atoms with Crippen LogP contribution in [0.2, 0.25) is 0 Å². The second-order valence-corrected chi connectivity index (χ2v) is 6.34. The van der Waals surface area contributed by atoms with Crippen molar-refractivity contribution in [2.75, 3.05) is 11.9 Å². The van der Waals surface area contributed by atoms with E-state index in [9.17, 15) is 22.8 Å². The van der Waals surface area contributed by atoms with Crippen molar-refractivity contribution in [3.05, 3.63) is 59.7 Å². The maximum Gasteiger partial charge on any atom is 0.416 e. The predicted molar refractivity (Wildman–Crippen MR) is 102 cm³/mol. The molecule has 0 aliphatic carbocycles. The smallest absolute Gasteiger partial charge is 0.416 e. The first kappa shape index (κ1) is 22.3. The van der Waals surface area contributed by atoms with Crippen molar-refractivity contribution in [3.63, 3.8) is 0 Å². The third-order valence-corrected chi connectivity index (χ3v) is 3.95. The molecule has 0 saturated heterocycles. The lowest BCUT2D eigenvalue weighted by atomic mass is 10.1. The molecule has 0 aromatic heterocycles. The zero-order valence-corrected chi connectivity index (χ0v) is 16.1. The Morgan fingerprint density at radius 3 is 2.41 bits per heavy atom. The van der Waals surface area contributed by atoms with Crippen molar-refractivity contribution in [1.29, 1.82) is 0 Å². The predicted octanol–water partition coefficient (Wildman–Crippen LogP) is 5.07. The van der Waals surface area contributed by atoms with Gasteiger partial charge in [0, 0.05) is 11.3 Å². The molecule has 1 unspecified atom stereocenters. The molecule has 2 aromatic carbocycles. The summed E-state index contributed by atoms with van der Waals surface area (Å²) in [7, 11) is 0. The van der Waals surface area contributed by atoms with E-state index in [1.807, 2.05) is 6.92 Å². The first-order valence-corrected chi connectivity index (χ1v) is 9.12. The number of carbonyl (C=O) groups is 2. The van der Waals surface area contributed by atoms with Crippen LogP contribution in [0.5, 0.6) is 5.75 Å². The number of rotatable bonds is 8. The van der Waals surface area contributed by atoms with Gasteiger partial charge in [-0.2, -0.15) is 13.2 Å². The molecular formula is C21H22F3NO4. The Kier molecular flexibility index (Phi) is 7.64. The minimum atomic E-state index is -4.49. The van der Waals surface area contributed by atoms with E-state index in [4.69, 9.17) is 9.47 Å². The van der Waals surface area contributed by atoms with Crippen LogP contribution in [0.1, 0.15) is 42.6 Å². The molecule has 0 heterocycles. The summed E-state index contributed by atoms with van der Waals surface area (Å²) < 4.78 is 48.8. The van der Waals surface area contributed by atoms with Crippen LogP contribution in [0.25, 0.3) is 0 Å². The van der Waals surface area contributed by atoms with Gasteiger partial charge in [0.25, 0.3) is 5.91 Å². The number of hydrogen-bond donors (Lipinski definition) is 1. The molecule has 0 aliphatic rings. The average molecular weight is 409 g/mol. The van der Waals surface area contributed by atoms with Gasteiger partial charge in [0.15, 0.2) is 6.10 Å². The van der Waals surface area contributed by atoms with Gasteiger partial charge in [0.1, 0.15) is 5.75 Å². The summed E-state index contributed by atoms with van der Waals surface area (Å²) in [5.41, 5.74) is -0.583. The Morgan fingerprint density at radius 2 is 1.79 bits per heavy atom. The van der Waals surface area contributed by atoms with Gasteiger partial charge in [-0.3, -0.25) is 4.79 Å². The van der Waals surface area contributed by atoms with Crippen molar-refractivity contribution in [2.24, 2.45) is 0 Å². The molecular weight excluding hydrogens is 387 g/mol. The fourth-order valence-electron chi connectivity index (χ4n) is 2.35. The van der Waals surface area contributed by atoms with Crippen LogP contribution in [-0.2, 0) is 15.7 Å². The van der Waals surface area contributed by atoms with Crippen LogP contribution in [0.15, 0.2) is 48.5 Å². The van der Waals surface area contributed by atoms with E-state index >= 15 is 0 Å². The molecule has 0 fully saturated rings. The van der Waals surface area contributed by atoms with E-state index < -0.39 is 29.7 Å². The molecule has 2 aromatic rings. The fourth-order valence-corrected chi connectivity index (χ4v) is 2.35. The number of esters is 1. The SMILES string of the molecule is CCCCOC(=O)C(C)Oc1ccc(C(=O)Nc2cccc(C(F)(F)F)c2)cc1. The normalized spacial score (nSPS) is 12.2. The number of nitrogens with one attached hydrogen (secondary N) is 1. The van der Waals surface area contributed by atoms with Crippen molar-refractivity contribution in [3.8, 4) is 5.75 Å². The van der Waals surface area contributed by atoms with Crippen LogP contribution in [0.4, 0.5) is 18.9 Å². The van der Waals surface area contributed by atoms with Gasteiger partial charge < -0.3 is 14.8 Å². The van der Waals surface area contributed by atoms with Gasteiger partial charge in [-0.15, -0.1) is 0 Å². The lowest BCUT2D eigenvalue weighted by molar-refractivity contribution is -0.151. The van der Waals surface area contributed by atoms with E-state index in [1.54, 1.807) is 6.92 Å². The summed E-state index contributed by atoms with van der Waals surface area (Å²) in [6.07, 6.45) is -3.62. The van der Waals surface area contributed by atoms with Crippen molar-refractivity contribution < 1.29 is 32.2 Å². The van der Waals surface area contributed by atoms with E-state index in [1.165, 1.54) is 36.4 Å². The third-order valence-electron chi connectivity index (χ3n) is 3.95. The van der Waals surface area contributed by atoms with Gasteiger partial charge in [-0.1, -0.05) is 19.4 Å². The Labute approximate surface area is 166 Å². The number of halogens is 3. The molecule has 156 valence electrons. The summed E-state index contributed by atoms with van der Waals surface area (Å²) in [5, 5.41) is 2.42. The Bertz CT molecular complexity index is 835. The van der Waals surface area contributed by atoms with Crippen molar-refractivity contribution >= 4 is 17.6 Å². The molecule has 0 saturated carbocycles. The third kappa shape index (κ3) is 6.81. The Morgan fingerprint density at radius 1 is 1.10 bits per heavy atom. The number of carbonyl (C=O) groups excluding carboxylic acids is 2. The zero-order valence-electron chi connectivity index (χ0n) is 16.1. The van der Waals surface area contributed by atoms with Crippen LogP contribution in [0, 0.1) is 0 Å². The molecule has 2 rings (SSSR count). The minimum Gasteiger partial charge on any atom is -0.479 e. The van der Waals surface area contributed by atoms with Crippen LogP contribution in [0.3, 0.4) is 0 Å². The number of alkyl halides is 3. The quantitative estimate of drug-likeness (QED) is 0.489. The number of benzene rings is 2. The molecule has 0 bridgehead atoms. The highest BCUT2D eigenvalue weighted by molar-refractivity contribution is 6.04. The lowest BCUT2D eigenvalue weighted by Crippen LogP contribution is -2.26. The molecule has 8 heteroatoms.